The van der Waals surface area contributed by atoms with Crippen LogP contribution in [0.3, 0.4) is 0 Å². The number of nitrogens with one attached hydrogen (secondary N) is 2. The lowest BCUT2D eigenvalue weighted by Gasteiger charge is -2.09. The number of carbonyl (C=O) groups is 1. The summed E-state index contributed by atoms with van der Waals surface area (Å²) in [5.74, 6) is -0.878. The third-order valence-corrected chi connectivity index (χ3v) is 5.82. The van der Waals surface area contributed by atoms with Crippen LogP contribution in [0.5, 0.6) is 5.75 Å². The number of sulfonamides is 1. The van der Waals surface area contributed by atoms with Crippen LogP contribution in [0.2, 0.25) is 5.02 Å². The number of hydrogen-bond donors (Lipinski definition) is 2. The van der Waals surface area contributed by atoms with E-state index in [0.717, 1.165) is 17.6 Å². The van der Waals surface area contributed by atoms with Crippen LogP contribution in [-0.2, 0) is 10.0 Å². The number of aromatic nitrogens is 2. The van der Waals surface area contributed by atoms with Gasteiger partial charge in [-0.25, -0.2) is 22.8 Å². The molecule has 32 heavy (non-hydrogen) atoms. The topological polar surface area (TPSA) is 110 Å². The van der Waals surface area contributed by atoms with Gasteiger partial charge in [-0.3, -0.25) is 9.52 Å². The van der Waals surface area contributed by atoms with Gasteiger partial charge in [-0.2, -0.15) is 0 Å². The summed E-state index contributed by atoms with van der Waals surface area (Å²) in [5, 5.41) is 2.73. The summed E-state index contributed by atoms with van der Waals surface area (Å²) in [6.45, 7) is 5.39. The Morgan fingerprint density at radius 1 is 1.19 bits per heavy atom. The van der Waals surface area contributed by atoms with Crippen LogP contribution in [0.15, 0.2) is 30.6 Å². The highest BCUT2D eigenvalue weighted by atomic mass is 35.5. The third kappa shape index (κ3) is 5.93. The highest BCUT2D eigenvalue weighted by molar-refractivity contribution is 7.92. The molecule has 12 heteroatoms. The Morgan fingerprint density at radius 2 is 1.81 bits per heavy atom. The number of amides is 1. The Morgan fingerprint density at radius 3 is 2.41 bits per heavy atom. The van der Waals surface area contributed by atoms with Gasteiger partial charge in [-0.15, -0.1) is 11.3 Å². The van der Waals surface area contributed by atoms with E-state index < -0.39 is 21.7 Å². The minimum Gasteiger partial charge on any atom is -0.488 e. The fourth-order valence-electron chi connectivity index (χ4n) is 2.82. The largest absolute Gasteiger partial charge is 0.488 e. The molecule has 0 spiro atoms. The molecule has 0 bridgehead atoms. The summed E-state index contributed by atoms with van der Waals surface area (Å²) in [6.07, 6.45) is 3.82. The first-order chi connectivity index (χ1) is 14.9. The molecule has 0 radical (unpaired) electrons. The molecule has 0 unspecified atom stereocenters. The van der Waals surface area contributed by atoms with Crippen molar-refractivity contribution in [3.05, 3.63) is 51.2 Å². The van der Waals surface area contributed by atoms with E-state index in [1.165, 1.54) is 30.6 Å². The van der Waals surface area contributed by atoms with E-state index in [4.69, 9.17) is 16.3 Å². The molecule has 0 aliphatic rings. The number of anilines is 2. The first kappa shape index (κ1) is 23.9. The molecule has 170 valence electrons. The minimum atomic E-state index is -3.54. The van der Waals surface area contributed by atoms with Gasteiger partial charge in [0.25, 0.3) is 5.91 Å². The highest BCUT2D eigenvalue weighted by Crippen LogP contribution is 2.34. The fraction of sp³-hybridized carbons (Fsp3) is 0.250. The molecule has 0 aliphatic carbocycles. The van der Waals surface area contributed by atoms with Crippen molar-refractivity contribution in [3.63, 3.8) is 0 Å². The van der Waals surface area contributed by atoms with Crippen LogP contribution in [0.25, 0.3) is 11.4 Å². The SMILES string of the molecule is Cc1sc(C(=O)Nc2cc(Cl)cc(NS(C)(=O)=O)c2)c(F)c1-c1ncc(OC(C)C)cn1. The standard InChI is InChI=1S/C20H20ClFN4O4S2/c1-10(2)30-15-8-23-19(24-9-15)16-11(3)31-18(17(16)22)20(27)25-13-5-12(21)6-14(7-13)26-32(4,28)29/h5-10,26H,1-4H3,(H,25,27). The number of aryl methyl sites for hydroxylation is 1. The van der Waals surface area contributed by atoms with Crippen molar-refractivity contribution in [2.75, 3.05) is 16.3 Å². The molecule has 0 saturated carbocycles. The van der Waals surface area contributed by atoms with E-state index >= 15 is 4.39 Å². The number of rotatable bonds is 7. The molecule has 3 rings (SSSR count). The minimum absolute atomic E-state index is 0.0565. The smallest absolute Gasteiger partial charge is 0.268 e. The number of nitrogens with zero attached hydrogens (tertiary/aromatic N) is 2. The highest BCUT2D eigenvalue weighted by Gasteiger charge is 2.24. The number of thiophene rings is 1. The quantitative estimate of drug-likeness (QED) is 0.487. The van der Waals surface area contributed by atoms with E-state index in [-0.39, 0.29) is 38.8 Å². The van der Waals surface area contributed by atoms with E-state index in [9.17, 15) is 13.2 Å². The molecule has 0 atom stereocenters. The van der Waals surface area contributed by atoms with Crippen LogP contribution in [0, 0.1) is 12.7 Å². The molecule has 2 heterocycles. The molecule has 0 saturated heterocycles. The number of benzene rings is 1. The van der Waals surface area contributed by atoms with Gasteiger partial charge >= 0.3 is 0 Å². The molecule has 2 N–H and O–H groups in total. The molecule has 8 nitrogen and oxygen atoms in total. The molecule has 1 amide bonds. The van der Waals surface area contributed by atoms with Crippen LogP contribution < -0.4 is 14.8 Å². The fourth-order valence-corrected chi connectivity index (χ4v) is 4.53. The second-order valence-electron chi connectivity index (χ2n) is 7.14. The second kappa shape index (κ2) is 9.39. The molecule has 3 aromatic rings. The van der Waals surface area contributed by atoms with Gasteiger partial charge in [0.1, 0.15) is 4.88 Å². The predicted octanol–water partition coefficient (Wildman–Crippen LogP) is 4.72. The van der Waals surface area contributed by atoms with E-state index in [1.807, 2.05) is 13.8 Å². The van der Waals surface area contributed by atoms with Crippen molar-refractivity contribution in [2.45, 2.75) is 26.9 Å². The zero-order valence-electron chi connectivity index (χ0n) is 17.6. The molecule has 0 fully saturated rings. The van der Waals surface area contributed by atoms with Crippen molar-refractivity contribution >= 4 is 50.2 Å². The van der Waals surface area contributed by atoms with Crippen molar-refractivity contribution in [3.8, 4) is 17.1 Å². The Labute approximate surface area is 193 Å². The lowest BCUT2D eigenvalue weighted by Crippen LogP contribution is -2.13. The third-order valence-electron chi connectivity index (χ3n) is 3.91. The van der Waals surface area contributed by atoms with Gasteiger partial charge in [-0.05, 0) is 39.0 Å². The van der Waals surface area contributed by atoms with Gasteiger partial charge in [0.05, 0.1) is 36.0 Å². The van der Waals surface area contributed by atoms with Gasteiger partial charge in [-0.1, -0.05) is 11.6 Å². The van der Waals surface area contributed by atoms with Crippen molar-refractivity contribution in [1.82, 2.24) is 9.97 Å². The maximum absolute atomic E-state index is 15.1. The zero-order chi connectivity index (χ0) is 23.6. The van der Waals surface area contributed by atoms with Gasteiger partial charge in [0, 0.05) is 15.6 Å². The molecular weight excluding hydrogens is 479 g/mol. The second-order valence-corrected chi connectivity index (χ2v) is 10.6. The average molecular weight is 499 g/mol. The first-order valence-electron chi connectivity index (χ1n) is 9.30. The van der Waals surface area contributed by atoms with Crippen molar-refractivity contribution in [1.29, 1.82) is 0 Å². The summed E-state index contributed by atoms with van der Waals surface area (Å²) in [7, 11) is -3.54. The van der Waals surface area contributed by atoms with Gasteiger partial charge < -0.3 is 10.1 Å². The maximum atomic E-state index is 15.1. The lowest BCUT2D eigenvalue weighted by atomic mass is 10.2. The van der Waals surface area contributed by atoms with Crippen LogP contribution in [-0.4, -0.2) is 36.7 Å². The normalized spacial score (nSPS) is 11.5. The van der Waals surface area contributed by atoms with Crippen LogP contribution in [0.4, 0.5) is 15.8 Å². The predicted molar refractivity (Wildman–Crippen MR) is 124 cm³/mol. The summed E-state index contributed by atoms with van der Waals surface area (Å²) >= 11 is 6.96. The van der Waals surface area contributed by atoms with E-state index in [0.29, 0.717) is 10.6 Å². The van der Waals surface area contributed by atoms with Crippen LogP contribution >= 0.6 is 22.9 Å². The molecular formula is C20H20ClFN4O4S2. The summed E-state index contributed by atoms with van der Waals surface area (Å²) in [6, 6.07) is 4.18. The average Bonchev–Trinajstić information content (AvgIpc) is 2.94. The maximum Gasteiger partial charge on any atom is 0.268 e. The first-order valence-corrected chi connectivity index (χ1v) is 12.4. The number of ether oxygens (including phenoxy) is 1. The van der Waals surface area contributed by atoms with E-state index in [1.54, 1.807) is 6.92 Å². The Kier molecular flexibility index (Phi) is 7.01. The molecule has 2 aromatic heterocycles. The number of hydrogen-bond acceptors (Lipinski definition) is 7. The van der Waals surface area contributed by atoms with Crippen molar-refractivity contribution in [2.24, 2.45) is 0 Å². The van der Waals surface area contributed by atoms with Gasteiger partial charge in [0.2, 0.25) is 10.0 Å². The number of carbonyl (C=O) groups excluding carboxylic acids is 1. The Hall–Kier alpha value is -2.76. The van der Waals surface area contributed by atoms with Gasteiger partial charge in [0.15, 0.2) is 17.4 Å². The van der Waals surface area contributed by atoms with Crippen molar-refractivity contribution < 1.29 is 22.3 Å². The summed E-state index contributed by atoms with van der Waals surface area (Å²) in [5.41, 5.74) is 0.491. The monoisotopic (exact) mass is 498 g/mol. The summed E-state index contributed by atoms with van der Waals surface area (Å²) < 4.78 is 45.8. The van der Waals surface area contributed by atoms with Crippen LogP contribution in [0.1, 0.15) is 28.4 Å². The number of halogens is 2. The Balaban J connectivity index is 1.86. The molecule has 0 aliphatic heterocycles. The lowest BCUT2D eigenvalue weighted by molar-refractivity contribution is 0.102. The Bertz CT molecular complexity index is 1260. The van der Waals surface area contributed by atoms with E-state index in [2.05, 4.69) is 20.0 Å². The zero-order valence-corrected chi connectivity index (χ0v) is 20.0. The summed E-state index contributed by atoms with van der Waals surface area (Å²) in [4.78, 5) is 21.4. The molecule has 1 aromatic carbocycles.